The minimum absolute atomic E-state index is 0.0147. The van der Waals surface area contributed by atoms with E-state index in [1.807, 2.05) is 11.0 Å². The number of nitrogens with zero attached hydrogens (tertiary/aromatic N) is 4. The number of likely N-dealkylation sites (tertiary alicyclic amines) is 1. The molecule has 4 heterocycles. The minimum Gasteiger partial charge on any atom is -0.481 e. The highest BCUT2D eigenvalue weighted by Crippen LogP contribution is 2.34. The standard InChI is InChI=1S/C18H19N5O2S/c1-25-13-9-11(5-6-20-13)12-10-21-15-14(19)16(26-17(15)22-12)18(24)23-7-3-2-4-8-23/h5-6,9-10H,2-4,7-8,19H2,1H3. The Balaban J connectivity index is 1.71. The largest absolute Gasteiger partial charge is 0.481 e. The third-order valence-corrected chi connectivity index (χ3v) is 5.59. The highest BCUT2D eigenvalue weighted by molar-refractivity contribution is 7.21. The van der Waals surface area contributed by atoms with Crippen LogP contribution in [0.2, 0.25) is 0 Å². The molecule has 1 fully saturated rings. The van der Waals surface area contributed by atoms with Gasteiger partial charge in [0.1, 0.15) is 15.2 Å². The third kappa shape index (κ3) is 2.96. The number of carbonyl (C=O) groups excluding carboxylic acids is 1. The summed E-state index contributed by atoms with van der Waals surface area (Å²) < 4.78 is 5.16. The van der Waals surface area contributed by atoms with E-state index < -0.39 is 0 Å². The van der Waals surface area contributed by atoms with Crippen molar-refractivity contribution < 1.29 is 9.53 Å². The Labute approximate surface area is 154 Å². The normalized spacial score (nSPS) is 14.6. The number of nitrogens with two attached hydrogens (primary N) is 1. The first kappa shape index (κ1) is 16.7. The Morgan fingerprint density at radius 1 is 1.27 bits per heavy atom. The van der Waals surface area contributed by atoms with Crippen molar-refractivity contribution in [2.24, 2.45) is 0 Å². The number of hydrogen-bond donors (Lipinski definition) is 1. The van der Waals surface area contributed by atoms with Crippen LogP contribution in [0.5, 0.6) is 5.88 Å². The first-order valence-electron chi connectivity index (χ1n) is 8.52. The molecule has 1 aliphatic rings. The molecule has 0 atom stereocenters. The minimum atomic E-state index is -0.0147. The molecule has 0 radical (unpaired) electrons. The number of carbonyl (C=O) groups is 1. The van der Waals surface area contributed by atoms with Crippen LogP contribution >= 0.6 is 11.3 Å². The van der Waals surface area contributed by atoms with E-state index in [1.54, 1.807) is 25.6 Å². The van der Waals surface area contributed by atoms with Crippen LogP contribution in [0, 0.1) is 0 Å². The quantitative estimate of drug-likeness (QED) is 0.763. The summed E-state index contributed by atoms with van der Waals surface area (Å²) in [5.41, 5.74) is 8.76. The van der Waals surface area contributed by atoms with Crippen LogP contribution in [0.4, 0.5) is 5.69 Å². The highest BCUT2D eigenvalue weighted by atomic mass is 32.1. The zero-order valence-electron chi connectivity index (χ0n) is 14.4. The van der Waals surface area contributed by atoms with Crippen molar-refractivity contribution in [1.82, 2.24) is 19.9 Å². The molecule has 1 aliphatic heterocycles. The molecule has 0 aromatic carbocycles. The number of rotatable bonds is 3. The summed E-state index contributed by atoms with van der Waals surface area (Å²) in [6.07, 6.45) is 6.58. The molecule has 7 nitrogen and oxygen atoms in total. The summed E-state index contributed by atoms with van der Waals surface area (Å²) in [5.74, 6) is 0.496. The van der Waals surface area contributed by atoms with Crippen LogP contribution in [0.15, 0.2) is 24.5 Å². The fourth-order valence-corrected chi connectivity index (χ4v) is 4.13. The number of methoxy groups -OCH3 is 1. The summed E-state index contributed by atoms with van der Waals surface area (Å²) in [6.45, 7) is 1.57. The van der Waals surface area contributed by atoms with E-state index >= 15 is 0 Å². The van der Waals surface area contributed by atoms with Crippen molar-refractivity contribution in [3.05, 3.63) is 29.4 Å². The Hall–Kier alpha value is -2.74. The van der Waals surface area contributed by atoms with Crippen molar-refractivity contribution in [2.75, 3.05) is 25.9 Å². The third-order valence-electron chi connectivity index (χ3n) is 4.52. The number of ether oxygens (including phenoxy) is 1. The van der Waals surface area contributed by atoms with E-state index in [0.29, 0.717) is 32.5 Å². The summed E-state index contributed by atoms with van der Waals surface area (Å²) >= 11 is 1.31. The smallest absolute Gasteiger partial charge is 0.266 e. The molecule has 3 aromatic rings. The molecule has 2 N–H and O–H groups in total. The Bertz CT molecular complexity index is 965. The summed E-state index contributed by atoms with van der Waals surface area (Å²) in [7, 11) is 1.57. The molecule has 3 aromatic heterocycles. The van der Waals surface area contributed by atoms with Crippen LogP contribution < -0.4 is 10.5 Å². The molecule has 1 amide bonds. The average Bonchev–Trinajstić information content (AvgIpc) is 3.04. The van der Waals surface area contributed by atoms with Crippen molar-refractivity contribution >= 4 is 33.3 Å². The number of fused-ring (bicyclic) bond motifs is 1. The molecule has 0 bridgehead atoms. The average molecular weight is 369 g/mol. The second-order valence-corrected chi connectivity index (χ2v) is 7.19. The molecule has 0 saturated carbocycles. The van der Waals surface area contributed by atoms with E-state index in [0.717, 1.165) is 31.5 Å². The zero-order valence-corrected chi connectivity index (χ0v) is 15.3. The van der Waals surface area contributed by atoms with Gasteiger partial charge in [-0.3, -0.25) is 4.79 Å². The van der Waals surface area contributed by atoms with Crippen LogP contribution in [0.3, 0.4) is 0 Å². The Morgan fingerprint density at radius 2 is 2.08 bits per heavy atom. The Morgan fingerprint density at radius 3 is 2.85 bits per heavy atom. The number of piperidine rings is 1. The topological polar surface area (TPSA) is 94.2 Å². The first-order chi connectivity index (χ1) is 12.7. The van der Waals surface area contributed by atoms with Crippen LogP contribution in [0.1, 0.15) is 28.9 Å². The van der Waals surface area contributed by atoms with Gasteiger partial charge >= 0.3 is 0 Å². The second kappa shape index (κ2) is 6.87. The van der Waals surface area contributed by atoms with E-state index in [4.69, 9.17) is 10.5 Å². The van der Waals surface area contributed by atoms with E-state index in [2.05, 4.69) is 15.0 Å². The fourth-order valence-electron chi connectivity index (χ4n) is 3.11. The van der Waals surface area contributed by atoms with Gasteiger partial charge in [0, 0.05) is 30.9 Å². The number of hydrogen-bond acceptors (Lipinski definition) is 7. The lowest BCUT2D eigenvalue weighted by Gasteiger charge is -2.26. The molecular weight excluding hydrogens is 350 g/mol. The van der Waals surface area contributed by atoms with Crippen molar-refractivity contribution in [1.29, 1.82) is 0 Å². The van der Waals surface area contributed by atoms with Gasteiger partial charge in [-0.1, -0.05) is 0 Å². The maximum absolute atomic E-state index is 12.8. The maximum atomic E-state index is 12.8. The van der Waals surface area contributed by atoms with Gasteiger partial charge in [-0.05, 0) is 25.3 Å². The van der Waals surface area contributed by atoms with Gasteiger partial charge in [0.25, 0.3) is 5.91 Å². The van der Waals surface area contributed by atoms with Crippen LogP contribution in [-0.4, -0.2) is 46.0 Å². The molecule has 4 rings (SSSR count). The summed E-state index contributed by atoms with van der Waals surface area (Å²) in [4.78, 5) is 29.1. The maximum Gasteiger partial charge on any atom is 0.266 e. The Kier molecular flexibility index (Phi) is 4.42. The van der Waals surface area contributed by atoms with Gasteiger partial charge in [0.15, 0.2) is 0 Å². The molecule has 134 valence electrons. The van der Waals surface area contributed by atoms with Crippen molar-refractivity contribution in [2.45, 2.75) is 19.3 Å². The molecular formula is C18H19N5O2S. The fraction of sp³-hybridized carbons (Fsp3) is 0.333. The SMILES string of the molecule is COc1cc(-c2cnc3c(N)c(C(=O)N4CCCCC4)sc3n2)ccn1. The number of thiophene rings is 1. The monoisotopic (exact) mass is 369 g/mol. The second-order valence-electron chi connectivity index (χ2n) is 6.19. The van der Waals surface area contributed by atoms with Crippen LogP contribution in [-0.2, 0) is 0 Å². The van der Waals surface area contributed by atoms with Crippen molar-refractivity contribution in [3.63, 3.8) is 0 Å². The van der Waals surface area contributed by atoms with Gasteiger partial charge in [-0.25, -0.2) is 15.0 Å². The number of anilines is 1. The van der Waals surface area contributed by atoms with Gasteiger partial charge < -0.3 is 15.4 Å². The molecule has 26 heavy (non-hydrogen) atoms. The summed E-state index contributed by atoms with van der Waals surface area (Å²) in [6, 6.07) is 3.64. The lowest BCUT2D eigenvalue weighted by molar-refractivity contribution is 0.0730. The van der Waals surface area contributed by atoms with Gasteiger partial charge in [-0.2, -0.15) is 0 Å². The van der Waals surface area contributed by atoms with Crippen molar-refractivity contribution in [3.8, 4) is 17.1 Å². The van der Waals surface area contributed by atoms with Gasteiger partial charge in [-0.15, -0.1) is 11.3 Å². The lowest BCUT2D eigenvalue weighted by Crippen LogP contribution is -2.35. The first-order valence-corrected chi connectivity index (χ1v) is 9.33. The zero-order chi connectivity index (χ0) is 18.1. The lowest BCUT2D eigenvalue weighted by atomic mass is 10.1. The van der Waals surface area contributed by atoms with E-state index in [9.17, 15) is 4.79 Å². The number of pyridine rings is 1. The molecule has 0 unspecified atom stereocenters. The number of nitrogen functional groups attached to an aromatic ring is 1. The van der Waals surface area contributed by atoms with Gasteiger partial charge in [0.2, 0.25) is 5.88 Å². The van der Waals surface area contributed by atoms with Crippen LogP contribution in [0.25, 0.3) is 21.6 Å². The molecule has 0 spiro atoms. The number of aromatic nitrogens is 3. The van der Waals surface area contributed by atoms with E-state index in [-0.39, 0.29) is 5.91 Å². The summed E-state index contributed by atoms with van der Waals surface area (Å²) in [5, 5.41) is 0. The molecule has 0 aliphatic carbocycles. The predicted octanol–water partition coefficient (Wildman–Crippen LogP) is 2.97. The van der Waals surface area contributed by atoms with E-state index in [1.165, 1.54) is 17.8 Å². The highest BCUT2D eigenvalue weighted by Gasteiger charge is 2.24. The number of amides is 1. The molecule has 1 saturated heterocycles. The molecule has 8 heteroatoms. The predicted molar refractivity (Wildman–Crippen MR) is 101 cm³/mol. The van der Waals surface area contributed by atoms with Gasteiger partial charge in [0.05, 0.1) is 24.7 Å².